The highest BCUT2D eigenvalue weighted by molar-refractivity contribution is 6.05. The number of hydrogen-bond acceptors (Lipinski definition) is 5. The summed E-state index contributed by atoms with van der Waals surface area (Å²) in [6.07, 6.45) is 9.39. The summed E-state index contributed by atoms with van der Waals surface area (Å²) in [5.74, 6) is 0.891. The van der Waals surface area contributed by atoms with E-state index in [9.17, 15) is 14.4 Å². The van der Waals surface area contributed by atoms with Gasteiger partial charge < -0.3 is 14.5 Å². The molecule has 1 saturated carbocycles. The molecule has 0 aromatic heterocycles. The number of unbranched alkanes of at least 4 members (excludes halogenated alkanes) is 1. The number of nitrogens with zero attached hydrogens (tertiary/aromatic N) is 3. The standard InChI is InChI=1S/C27H39N3O4/c1-3-14-29(17-11-21-9-10-22-23(18-21)34-20-25(32)28(22)2)15-7-8-16-30-24(31)19-27(26(30)33)12-5-4-6-13-27/h9-10,18H,3-8,11-17,19-20H2,1-2H3. The van der Waals surface area contributed by atoms with E-state index >= 15 is 0 Å². The third kappa shape index (κ3) is 5.29. The Morgan fingerprint density at radius 2 is 1.79 bits per heavy atom. The van der Waals surface area contributed by atoms with Gasteiger partial charge in [0.2, 0.25) is 11.8 Å². The van der Waals surface area contributed by atoms with Gasteiger partial charge in [-0.15, -0.1) is 0 Å². The zero-order chi connectivity index (χ0) is 24.1. The normalized spacial score (nSPS) is 19.8. The number of likely N-dealkylation sites (tertiary alicyclic amines) is 1. The molecule has 7 heteroatoms. The van der Waals surface area contributed by atoms with Crippen LogP contribution in [0.5, 0.6) is 5.75 Å². The van der Waals surface area contributed by atoms with Crippen molar-refractivity contribution in [3.05, 3.63) is 23.8 Å². The van der Waals surface area contributed by atoms with Crippen LogP contribution in [-0.2, 0) is 20.8 Å². The average molecular weight is 470 g/mol. The fourth-order valence-corrected chi connectivity index (χ4v) is 5.73. The van der Waals surface area contributed by atoms with Crippen LogP contribution < -0.4 is 9.64 Å². The predicted molar refractivity (Wildman–Crippen MR) is 132 cm³/mol. The first-order valence-electron chi connectivity index (χ1n) is 13.0. The fraction of sp³-hybridized carbons (Fsp3) is 0.667. The Morgan fingerprint density at radius 3 is 2.56 bits per heavy atom. The number of fused-ring (bicyclic) bond motifs is 1. The molecule has 1 aliphatic carbocycles. The van der Waals surface area contributed by atoms with E-state index in [1.54, 1.807) is 16.8 Å². The lowest BCUT2D eigenvalue weighted by Crippen LogP contribution is -2.37. The monoisotopic (exact) mass is 469 g/mol. The van der Waals surface area contributed by atoms with E-state index in [1.165, 1.54) is 12.0 Å². The van der Waals surface area contributed by atoms with E-state index in [2.05, 4.69) is 17.9 Å². The SMILES string of the molecule is CCCN(CCCCN1C(=O)CC2(CCCCC2)C1=O)CCc1ccc2c(c1)OCC(=O)N2C. The molecule has 1 saturated heterocycles. The summed E-state index contributed by atoms with van der Waals surface area (Å²) < 4.78 is 5.62. The molecule has 0 N–H and O–H groups in total. The van der Waals surface area contributed by atoms with Crippen molar-refractivity contribution in [2.24, 2.45) is 5.41 Å². The Balaban J connectivity index is 1.24. The summed E-state index contributed by atoms with van der Waals surface area (Å²) in [7, 11) is 1.78. The quantitative estimate of drug-likeness (QED) is 0.385. The summed E-state index contributed by atoms with van der Waals surface area (Å²) in [4.78, 5) is 43.0. The first kappa shape index (κ1) is 24.7. The second-order valence-electron chi connectivity index (χ2n) is 10.2. The highest BCUT2D eigenvalue weighted by Crippen LogP contribution is 2.45. The van der Waals surface area contributed by atoms with Crippen molar-refractivity contribution in [3.63, 3.8) is 0 Å². The van der Waals surface area contributed by atoms with Crippen LogP contribution >= 0.6 is 0 Å². The molecular weight excluding hydrogens is 430 g/mol. The number of imide groups is 1. The van der Waals surface area contributed by atoms with Crippen LogP contribution in [0.4, 0.5) is 5.69 Å². The van der Waals surface area contributed by atoms with Crippen LogP contribution in [0.3, 0.4) is 0 Å². The number of rotatable bonds is 10. The largest absolute Gasteiger partial charge is 0.482 e. The van der Waals surface area contributed by atoms with Crippen molar-refractivity contribution >= 4 is 23.4 Å². The number of anilines is 1. The summed E-state index contributed by atoms with van der Waals surface area (Å²) in [5.41, 5.74) is 1.66. The molecule has 3 amide bonds. The van der Waals surface area contributed by atoms with Gasteiger partial charge in [-0.05, 0) is 69.3 Å². The molecule has 2 aliphatic heterocycles. The molecule has 0 atom stereocenters. The molecule has 1 aromatic carbocycles. The Morgan fingerprint density at radius 1 is 1.00 bits per heavy atom. The van der Waals surface area contributed by atoms with E-state index in [0.717, 1.165) is 82.4 Å². The molecule has 0 radical (unpaired) electrons. The van der Waals surface area contributed by atoms with Gasteiger partial charge in [0.05, 0.1) is 11.1 Å². The molecule has 34 heavy (non-hydrogen) atoms. The summed E-state index contributed by atoms with van der Waals surface area (Å²) in [6, 6.07) is 6.09. The number of hydrogen-bond donors (Lipinski definition) is 0. The van der Waals surface area contributed by atoms with Gasteiger partial charge in [0, 0.05) is 26.6 Å². The van der Waals surface area contributed by atoms with Gasteiger partial charge in [-0.3, -0.25) is 19.3 Å². The van der Waals surface area contributed by atoms with Crippen LogP contribution in [0.2, 0.25) is 0 Å². The number of carbonyl (C=O) groups excluding carboxylic acids is 3. The van der Waals surface area contributed by atoms with Gasteiger partial charge >= 0.3 is 0 Å². The van der Waals surface area contributed by atoms with Crippen molar-refractivity contribution in [2.75, 3.05) is 44.7 Å². The van der Waals surface area contributed by atoms with Gasteiger partial charge in [0.1, 0.15) is 5.75 Å². The van der Waals surface area contributed by atoms with Crippen molar-refractivity contribution in [3.8, 4) is 5.75 Å². The third-order valence-electron chi connectivity index (χ3n) is 7.77. The molecular formula is C27H39N3O4. The average Bonchev–Trinajstić information content (AvgIpc) is 3.06. The molecule has 3 aliphatic rings. The molecule has 7 nitrogen and oxygen atoms in total. The second-order valence-corrected chi connectivity index (χ2v) is 10.2. The topological polar surface area (TPSA) is 70.2 Å². The van der Waals surface area contributed by atoms with Crippen LogP contribution in [0.1, 0.15) is 70.3 Å². The maximum absolute atomic E-state index is 13.0. The fourth-order valence-electron chi connectivity index (χ4n) is 5.73. The first-order chi connectivity index (χ1) is 16.4. The highest BCUT2D eigenvalue weighted by atomic mass is 16.5. The highest BCUT2D eigenvalue weighted by Gasteiger charge is 2.51. The third-order valence-corrected chi connectivity index (χ3v) is 7.77. The van der Waals surface area contributed by atoms with Crippen LogP contribution in [0.15, 0.2) is 18.2 Å². The molecule has 0 bridgehead atoms. The predicted octanol–water partition coefficient (Wildman–Crippen LogP) is 3.79. The zero-order valence-electron chi connectivity index (χ0n) is 20.8. The van der Waals surface area contributed by atoms with Crippen molar-refractivity contribution in [1.29, 1.82) is 0 Å². The number of likely N-dealkylation sites (N-methyl/N-ethyl adjacent to an activating group) is 1. The number of ether oxygens (including phenoxy) is 1. The Bertz CT molecular complexity index is 909. The molecule has 2 heterocycles. The summed E-state index contributed by atoms with van der Waals surface area (Å²) in [5, 5.41) is 0. The van der Waals surface area contributed by atoms with E-state index in [-0.39, 0.29) is 29.7 Å². The van der Waals surface area contributed by atoms with E-state index in [0.29, 0.717) is 13.0 Å². The number of amides is 3. The maximum atomic E-state index is 13.0. The number of carbonyl (C=O) groups is 3. The van der Waals surface area contributed by atoms with Gasteiger partial charge in [-0.2, -0.15) is 0 Å². The minimum Gasteiger partial charge on any atom is -0.482 e. The lowest BCUT2D eigenvalue weighted by molar-refractivity contribution is -0.142. The minimum absolute atomic E-state index is 0.0272. The van der Waals surface area contributed by atoms with Crippen LogP contribution in [0, 0.1) is 5.41 Å². The maximum Gasteiger partial charge on any atom is 0.264 e. The van der Waals surface area contributed by atoms with E-state index in [4.69, 9.17) is 4.74 Å². The molecule has 2 fully saturated rings. The minimum atomic E-state index is -0.371. The first-order valence-corrected chi connectivity index (χ1v) is 13.0. The van der Waals surface area contributed by atoms with Crippen molar-refractivity contribution in [1.82, 2.24) is 9.80 Å². The van der Waals surface area contributed by atoms with Crippen LogP contribution in [-0.4, -0.2) is 67.4 Å². The Hall–Kier alpha value is -2.41. The number of benzene rings is 1. The van der Waals surface area contributed by atoms with Crippen molar-refractivity contribution < 1.29 is 19.1 Å². The van der Waals surface area contributed by atoms with Gasteiger partial charge in [-0.1, -0.05) is 32.3 Å². The second kappa shape index (κ2) is 10.9. The lowest BCUT2D eigenvalue weighted by Gasteiger charge is -2.30. The molecule has 1 aromatic rings. The van der Waals surface area contributed by atoms with E-state index < -0.39 is 0 Å². The summed E-state index contributed by atoms with van der Waals surface area (Å²) in [6.45, 7) is 5.80. The Kier molecular flexibility index (Phi) is 7.91. The van der Waals surface area contributed by atoms with E-state index in [1.807, 2.05) is 12.1 Å². The van der Waals surface area contributed by atoms with Crippen molar-refractivity contribution in [2.45, 2.75) is 71.1 Å². The smallest absolute Gasteiger partial charge is 0.264 e. The molecule has 0 unspecified atom stereocenters. The van der Waals surface area contributed by atoms with Crippen LogP contribution in [0.25, 0.3) is 0 Å². The van der Waals surface area contributed by atoms with Gasteiger partial charge in [-0.25, -0.2) is 0 Å². The molecule has 186 valence electrons. The summed E-state index contributed by atoms with van der Waals surface area (Å²) >= 11 is 0. The molecule has 1 spiro atoms. The lowest BCUT2D eigenvalue weighted by atomic mass is 9.73. The van der Waals surface area contributed by atoms with Gasteiger partial charge in [0.15, 0.2) is 6.61 Å². The van der Waals surface area contributed by atoms with Gasteiger partial charge in [0.25, 0.3) is 5.91 Å². The zero-order valence-corrected chi connectivity index (χ0v) is 20.8. The Labute approximate surface area is 203 Å². The molecule has 4 rings (SSSR count).